The Hall–Kier alpha value is -1.10. The highest BCUT2D eigenvalue weighted by molar-refractivity contribution is 6.02. The van der Waals surface area contributed by atoms with E-state index in [0.717, 1.165) is 25.9 Å². The molecular weight excluding hydrogens is 222 g/mol. The second-order valence-electron chi connectivity index (χ2n) is 5.06. The molecule has 0 bridgehead atoms. The first-order valence-corrected chi connectivity index (χ1v) is 6.17. The lowest BCUT2D eigenvalue weighted by atomic mass is 9.68. The first-order valence-electron chi connectivity index (χ1n) is 6.17. The van der Waals surface area contributed by atoms with Crippen LogP contribution in [0.5, 0.6) is 0 Å². The molecule has 5 heteroatoms. The molecule has 1 atom stereocenters. The van der Waals surface area contributed by atoms with E-state index in [4.69, 9.17) is 4.74 Å². The standard InChI is InChI=1S/C12H19NO4/c1-13(8-9-4-2-7-17-9)10(14)12(11(15)16)5-3-6-12/h9H,2-8H2,1H3,(H,15,16). The third-order valence-electron chi connectivity index (χ3n) is 3.87. The van der Waals surface area contributed by atoms with Crippen molar-refractivity contribution in [3.63, 3.8) is 0 Å². The fraction of sp³-hybridized carbons (Fsp3) is 0.833. The predicted molar refractivity (Wildman–Crippen MR) is 60.5 cm³/mol. The van der Waals surface area contributed by atoms with E-state index in [1.165, 1.54) is 4.90 Å². The molecular formula is C12H19NO4. The molecule has 1 N–H and O–H groups in total. The Kier molecular flexibility index (Phi) is 3.38. The maximum atomic E-state index is 12.2. The molecule has 0 spiro atoms. The van der Waals surface area contributed by atoms with Crippen molar-refractivity contribution in [3.8, 4) is 0 Å². The molecule has 1 unspecified atom stereocenters. The molecule has 2 aliphatic rings. The summed E-state index contributed by atoms with van der Waals surface area (Å²) in [7, 11) is 1.67. The molecule has 1 saturated heterocycles. The highest BCUT2D eigenvalue weighted by atomic mass is 16.5. The molecule has 17 heavy (non-hydrogen) atoms. The summed E-state index contributed by atoms with van der Waals surface area (Å²) in [6.07, 6.45) is 3.82. The zero-order chi connectivity index (χ0) is 12.5. The minimum Gasteiger partial charge on any atom is -0.480 e. The maximum absolute atomic E-state index is 12.2. The lowest BCUT2D eigenvalue weighted by molar-refractivity contribution is -0.167. The van der Waals surface area contributed by atoms with Gasteiger partial charge in [-0.25, -0.2) is 0 Å². The predicted octanol–water partition coefficient (Wildman–Crippen LogP) is 0.879. The number of likely N-dealkylation sites (N-methyl/N-ethyl adjacent to an activating group) is 1. The van der Waals surface area contributed by atoms with Crippen LogP contribution >= 0.6 is 0 Å². The number of rotatable bonds is 4. The van der Waals surface area contributed by atoms with E-state index in [0.29, 0.717) is 19.4 Å². The van der Waals surface area contributed by atoms with Crippen LogP contribution in [-0.4, -0.2) is 48.2 Å². The van der Waals surface area contributed by atoms with Crippen LogP contribution in [0, 0.1) is 5.41 Å². The summed E-state index contributed by atoms with van der Waals surface area (Å²) in [6, 6.07) is 0. The van der Waals surface area contributed by atoms with Crippen molar-refractivity contribution < 1.29 is 19.4 Å². The smallest absolute Gasteiger partial charge is 0.319 e. The number of carbonyl (C=O) groups is 2. The first-order chi connectivity index (χ1) is 8.06. The number of aliphatic carboxylic acids is 1. The Morgan fingerprint density at radius 1 is 1.41 bits per heavy atom. The molecule has 1 saturated carbocycles. The molecule has 0 aromatic carbocycles. The van der Waals surface area contributed by atoms with E-state index in [1.54, 1.807) is 7.05 Å². The number of carboxylic acid groups (broad SMARTS) is 1. The van der Waals surface area contributed by atoms with E-state index in [1.807, 2.05) is 0 Å². The number of carbonyl (C=O) groups excluding carboxylic acids is 1. The average Bonchev–Trinajstić information content (AvgIpc) is 2.67. The summed E-state index contributed by atoms with van der Waals surface area (Å²) in [4.78, 5) is 24.9. The summed E-state index contributed by atoms with van der Waals surface area (Å²) in [5.41, 5.74) is -1.15. The molecule has 2 rings (SSSR count). The summed E-state index contributed by atoms with van der Waals surface area (Å²) < 4.78 is 5.46. The van der Waals surface area contributed by atoms with Gasteiger partial charge in [0.25, 0.3) is 0 Å². The molecule has 0 radical (unpaired) electrons. The van der Waals surface area contributed by atoms with Crippen LogP contribution in [0.4, 0.5) is 0 Å². The highest BCUT2D eigenvalue weighted by Crippen LogP contribution is 2.42. The van der Waals surface area contributed by atoms with Crippen molar-refractivity contribution in [2.75, 3.05) is 20.2 Å². The summed E-state index contributed by atoms with van der Waals surface area (Å²) in [5.74, 6) is -1.24. The van der Waals surface area contributed by atoms with Crippen LogP contribution in [0.15, 0.2) is 0 Å². The fourth-order valence-electron chi connectivity index (χ4n) is 2.59. The Balaban J connectivity index is 1.96. The Morgan fingerprint density at radius 2 is 2.12 bits per heavy atom. The van der Waals surface area contributed by atoms with Crippen LogP contribution in [0.1, 0.15) is 32.1 Å². The molecule has 1 amide bonds. The minimum atomic E-state index is -1.15. The van der Waals surface area contributed by atoms with Crippen LogP contribution in [0.2, 0.25) is 0 Å². The quantitative estimate of drug-likeness (QED) is 0.742. The van der Waals surface area contributed by atoms with Gasteiger partial charge in [-0.3, -0.25) is 9.59 Å². The van der Waals surface area contributed by atoms with Gasteiger partial charge in [0.05, 0.1) is 6.10 Å². The van der Waals surface area contributed by atoms with Crippen molar-refractivity contribution in [1.82, 2.24) is 4.90 Å². The van der Waals surface area contributed by atoms with E-state index in [9.17, 15) is 14.7 Å². The Labute approximate surface area is 101 Å². The molecule has 2 fully saturated rings. The van der Waals surface area contributed by atoms with Gasteiger partial charge in [0, 0.05) is 20.2 Å². The molecule has 0 aromatic rings. The van der Waals surface area contributed by atoms with E-state index >= 15 is 0 Å². The molecule has 1 aliphatic carbocycles. The van der Waals surface area contributed by atoms with Gasteiger partial charge in [0.1, 0.15) is 5.41 Å². The number of carboxylic acids is 1. The molecule has 96 valence electrons. The topological polar surface area (TPSA) is 66.8 Å². The number of ether oxygens (including phenoxy) is 1. The van der Waals surface area contributed by atoms with Gasteiger partial charge in [-0.15, -0.1) is 0 Å². The Bertz CT molecular complexity index is 318. The maximum Gasteiger partial charge on any atom is 0.319 e. The molecule has 5 nitrogen and oxygen atoms in total. The van der Waals surface area contributed by atoms with Crippen molar-refractivity contribution in [2.24, 2.45) is 5.41 Å². The summed E-state index contributed by atoms with van der Waals surface area (Å²) in [6.45, 7) is 1.25. The molecule has 1 heterocycles. The van der Waals surface area contributed by atoms with Crippen molar-refractivity contribution in [3.05, 3.63) is 0 Å². The zero-order valence-electron chi connectivity index (χ0n) is 10.1. The van der Waals surface area contributed by atoms with Gasteiger partial charge in [-0.05, 0) is 25.7 Å². The van der Waals surface area contributed by atoms with Crippen LogP contribution in [0.25, 0.3) is 0 Å². The monoisotopic (exact) mass is 241 g/mol. The lowest BCUT2D eigenvalue weighted by Crippen LogP contribution is -2.52. The second-order valence-corrected chi connectivity index (χ2v) is 5.06. The van der Waals surface area contributed by atoms with Gasteiger partial charge in [-0.1, -0.05) is 6.42 Å². The number of amides is 1. The lowest BCUT2D eigenvalue weighted by Gasteiger charge is -2.39. The van der Waals surface area contributed by atoms with Gasteiger partial charge in [0.2, 0.25) is 5.91 Å². The van der Waals surface area contributed by atoms with Gasteiger partial charge >= 0.3 is 5.97 Å². The van der Waals surface area contributed by atoms with Crippen LogP contribution < -0.4 is 0 Å². The third-order valence-corrected chi connectivity index (χ3v) is 3.87. The third kappa shape index (κ3) is 2.16. The summed E-state index contributed by atoms with van der Waals surface area (Å²) in [5, 5.41) is 9.19. The van der Waals surface area contributed by atoms with E-state index < -0.39 is 11.4 Å². The SMILES string of the molecule is CN(CC1CCCO1)C(=O)C1(C(=O)O)CCC1. The zero-order valence-corrected chi connectivity index (χ0v) is 10.1. The number of nitrogens with zero attached hydrogens (tertiary/aromatic N) is 1. The first kappa shape index (κ1) is 12.4. The minimum absolute atomic E-state index is 0.0786. The number of hydrogen-bond donors (Lipinski definition) is 1. The van der Waals surface area contributed by atoms with Crippen molar-refractivity contribution in [1.29, 1.82) is 0 Å². The largest absolute Gasteiger partial charge is 0.480 e. The van der Waals surface area contributed by atoms with E-state index in [2.05, 4.69) is 0 Å². The van der Waals surface area contributed by atoms with Gasteiger partial charge in [0.15, 0.2) is 0 Å². The fourth-order valence-corrected chi connectivity index (χ4v) is 2.59. The van der Waals surface area contributed by atoms with Gasteiger partial charge < -0.3 is 14.7 Å². The van der Waals surface area contributed by atoms with Crippen molar-refractivity contribution >= 4 is 11.9 Å². The molecule has 1 aliphatic heterocycles. The van der Waals surface area contributed by atoms with E-state index in [-0.39, 0.29) is 12.0 Å². The van der Waals surface area contributed by atoms with Crippen molar-refractivity contribution in [2.45, 2.75) is 38.2 Å². The highest BCUT2D eigenvalue weighted by Gasteiger charge is 2.52. The molecule has 0 aromatic heterocycles. The number of hydrogen-bond acceptors (Lipinski definition) is 3. The van der Waals surface area contributed by atoms with Gasteiger partial charge in [-0.2, -0.15) is 0 Å². The van der Waals surface area contributed by atoms with Crippen LogP contribution in [-0.2, 0) is 14.3 Å². The normalized spacial score (nSPS) is 26.3. The second kappa shape index (κ2) is 4.64. The average molecular weight is 241 g/mol. The van der Waals surface area contributed by atoms with Crippen LogP contribution in [0.3, 0.4) is 0 Å². The summed E-state index contributed by atoms with van der Waals surface area (Å²) >= 11 is 0. The Morgan fingerprint density at radius 3 is 2.53 bits per heavy atom.